The number of nitrogens with zero attached hydrogens (tertiary/aromatic N) is 1. The molecule has 3 N–H and O–H groups in total. The summed E-state index contributed by atoms with van der Waals surface area (Å²) in [5, 5.41) is 13.2. The third-order valence-electron chi connectivity index (χ3n) is 6.24. The predicted octanol–water partition coefficient (Wildman–Crippen LogP) is 4.10. The van der Waals surface area contributed by atoms with Crippen LogP contribution in [0.5, 0.6) is 5.75 Å². The predicted molar refractivity (Wildman–Crippen MR) is 122 cm³/mol. The van der Waals surface area contributed by atoms with Crippen LogP contribution in [0.4, 0.5) is 5.69 Å². The van der Waals surface area contributed by atoms with Crippen LogP contribution in [0, 0.1) is 5.92 Å². The minimum Gasteiger partial charge on any atom is -0.508 e. The van der Waals surface area contributed by atoms with E-state index in [0.717, 1.165) is 37.6 Å². The Balaban J connectivity index is 1.60. The Labute approximate surface area is 186 Å². The number of phenols is 1. The van der Waals surface area contributed by atoms with Crippen LogP contribution in [-0.4, -0.2) is 45.7 Å². The summed E-state index contributed by atoms with van der Waals surface area (Å²) in [5.41, 5.74) is 1.52. The Bertz CT molecular complexity index is 1150. The number of carbonyl (C=O) groups excluding carboxylic acids is 3. The zero-order valence-corrected chi connectivity index (χ0v) is 18.0. The third-order valence-corrected chi connectivity index (χ3v) is 6.24. The number of rotatable bonds is 6. The maximum absolute atomic E-state index is 13.3. The van der Waals surface area contributed by atoms with Gasteiger partial charge in [0.25, 0.3) is 11.7 Å². The molecule has 1 aliphatic rings. The molecule has 0 saturated heterocycles. The summed E-state index contributed by atoms with van der Waals surface area (Å²) in [7, 11) is 1.52. The molecule has 0 aliphatic heterocycles. The van der Waals surface area contributed by atoms with Crippen molar-refractivity contribution in [1.29, 1.82) is 0 Å². The maximum Gasteiger partial charge on any atom is 0.295 e. The molecule has 166 valence electrons. The lowest BCUT2D eigenvalue weighted by Crippen LogP contribution is -2.51. The molecule has 3 aromatic rings. The molecule has 0 spiro atoms. The Morgan fingerprint density at radius 1 is 1.06 bits per heavy atom. The van der Waals surface area contributed by atoms with Crippen molar-refractivity contribution in [3.05, 3.63) is 60.3 Å². The molecule has 4 rings (SSSR count). The van der Waals surface area contributed by atoms with Gasteiger partial charge in [-0.05, 0) is 37.0 Å². The second-order valence-electron chi connectivity index (χ2n) is 8.38. The first-order valence-corrected chi connectivity index (χ1v) is 10.9. The summed E-state index contributed by atoms with van der Waals surface area (Å²) in [6.07, 6.45) is 6.25. The van der Waals surface area contributed by atoms with Crippen molar-refractivity contribution in [3.8, 4) is 5.75 Å². The van der Waals surface area contributed by atoms with E-state index in [2.05, 4.69) is 10.3 Å². The van der Waals surface area contributed by atoms with Crippen LogP contribution in [0.25, 0.3) is 10.9 Å². The number of Topliss-reactive ketones (excluding diaryl/α,β-unsaturated/α-hetero) is 1. The van der Waals surface area contributed by atoms with Crippen LogP contribution >= 0.6 is 0 Å². The fourth-order valence-corrected chi connectivity index (χ4v) is 4.62. The van der Waals surface area contributed by atoms with E-state index in [4.69, 9.17) is 0 Å². The smallest absolute Gasteiger partial charge is 0.295 e. The SMILES string of the molecule is CN(C(=O)C(=O)c1c[nH]c2ccccc12)C(C(=O)Nc1cccc(O)c1)C1CCCCC1. The lowest BCUT2D eigenvalue weighted by atomic mass is 9.82. The lowest BCUT2D eigenvalue weighted by molar-refractivity contribution is -0.135. The molecule has 1 unspecified atom stereocenters. The highest BCUT2D eigenvalue weighted by Gasteiger charge is 2.37. The van der Waals surface area contributed by atoms with Crippen LogP contribution in [-0.2, 0) is 9.59 Å². The van der Waals surface area contributed by atoms with Gasteiger partial charge in [0, 0.05) is 35.9 Å². The van der Waals surface area contributed by atoms with Gasteiger partial charge in [0.2, 0.25) is 5.91 Å². The summed E-state index contributed by atoms with van der Waals surface area (Å²) >= 11 is 0. The molecular formula is C25H27N3O4. The number of benzene rings is 2. The highest BCUT2D eigenvalue weighted by atomic mass is 16.3. The van der Waals surface area contributed by atoms with Gasteiger partial charge in [0.15, 0.2) is 0 Å². The summed E-state index contributed by atoms with van der Waals surface area (Å²) in [4.78, 5) is 43.9. The highest BCUT2D eigenvalue weighted by molar-refractivity contribution is 6.45. The van der Waals surface area contributed by atoms with Crippen LogP contribution in [0.3, 0.4) is 0 Å². The fraction of sp³-hybridized carbons (Fsp3) is 0.320. The molecule has 0 bridgehead atoms. The molecule has 1 heterocycles. The largest absolute Gasteiger partial charge is 0.508 e. The topological polar surface area (TPSA) is 103 Å². The number of ketones is 1. The average Bonchev–Trinajstić information content (AvgIpc) is 3.23. The number of aromatic nitrogens is 1. The van der Waals surface area contributed by atoms with Gasteiger partial charge in [-0.15, -0.1) is 0 Å². The van der Waals surface area contributed by atoms with Gasteiger partial charge in [-0.3, -0.25) is 14.4 Å². The van der Waals surface area contributed by atoms with E-state index in [0.29, 0.717) is 16.6 Å². The number of aromatic hydroxyl groups is 1. The molecule has 1 aromatic heterocycles. The van der Waals surface area contributed by atoms with Crippen molar-refractivity contribution in [3.63, 3.8) is 0 Å². The van der Waals surface area contributed by atoms with Crippen molar-refractivity contribution in [2.24, 2.45) is 5.92 Å². The molecule has 1 aliphatic carbocycles. The Morgan fingerprint density at radius 2 is 1.81 bits per heavy atom. The van der Waals surface area contributed by atoms with Gasteiger partial charge in [-0.25, -0.2) is 0 Å². The number of hydrogen-bond acceptors (Lipinski definition) is 4. The molecule has 2 aromatic carbocycles. The van der Waals surface area contributed by atoms with Crippen molar-refractivity contribution in [1.82, 2.24) is 9.88 Å². The molecule has 7 nitrogen and oxygen atoms in total. The Morgan fingerprint density at radius 3 is 2.56 bits per heavy atom. The highest BCUT2D eigenvalue weighted by Crippen LogP contribution is 2.30. The van der Waals surface area contributed by atoms with E-state index in [9.17, 15) is 19.5 Å². The Kier molecular flexibility index (Phi) is 6.25. The first-order valence-electron chi connectivity index (χ1n) is 10.9. The second-order valence-corrected chi connectivity index (χ2v) is 8.38. The number of H-pyrrole nitrogens is 1. The van der Waals surface area contributed by atoms with E-state index in [-0.39, 0.29) is 17.6 Å². The normalized spacial score (nSPS) is 15.3. The third kappa shape index (κ3) is 4.37. The number of aromatic amines is 1. The van der Waals surface area contributed by atoms with Crippen molar-refractivity contribution < 1.29 is 19.5 Å². The number of likely N-dealkylation sites (N-methyl/N-ethyl adjacent to an activating group) is 1. The Hall–Kier alpha value is -3.61. The van der Waals surface area contributed by atoms with Crippen molar-refractivity contribution >= 4 is 34.2 Å². The number of hydrogen-bond donors (Lipinski definition) is 3. The van der Waals surface area contributed by atoms with Gasteiger partial charge in [-0.1, -0.05) is 43.5 Å². The first-order chi connectivity index (χ1) is 15.5. The van der Waals surface area contributed by atoms with Crippen LogP contribution in [0.15, 0.2) is 54.7 Å². The minimum atomic E-state index is -0.778. The fourth-order valence-electron chi connectivity index (χ4n) is 4.62. The number of amides is 2. The van der Waals surface area contributed by atoms with Crippen molar-refractivity contribution in [2.75, 3.05) is 12.4 Å². The van der Waals surface area contributed by atoms with Crippen LogP contribution in [0.2, 0.25) is 0 Å². The number of fused-ring (bicyclic) bond motifs is 1. The number of nitrogens with one attached hydrogen (secondary N) is 2. The maximum atomic E-state index is 13.3. The molecule has 7 heteroatoms. The molecule has 1 fully saturated rings. The number of phenolic OH excluding ortho intramolecular Hbond substituents is 1. The van der Waals surface area contributed by atoms with E-state index in [1.54, 1.807) is 24.4 Å². The molecular weight excluding hydrogens is 406 g/mol. The van der Waals surface area contributed by atoms with Gasteiger partial charge in [0.1, 0.15) is 11.8 Å². The molecule has 1 saturated carbocycles. The monoisotopic (exact) mass is 433 g/mol. The van der Waals surface area contributed by atoms with Gasteiger partial charge in [-0.2, -0.15) is 0 Å². The van der Waals surface area contributed by atoms with Crippen LogP contribution < -0.4 is 5.32 Å². The van der Waals surface area contributed by atoms with Gasteiger partial charge >= 0.3 is 0 Å². The zero-order chi connectivity index (χ0) is 22.7. The lowest BCUT2D eigenvalue weighted by Gasteiger charge is -2.35. The summed E-state index contributed by atoms with van der Waals surface area (Å²) < 4.78 is 0. The van der Waals surface area contributed by atoms with Crippen molar-refractivity contribution in [2.45, 2.75) is 38.1 Å². The summed E-state index contributed by atoms with van der Waals surface area (Å²) in [6, 6.07) is 12.8. The van der Waals surface area contributed by atoms with E-state index < -0.39 is 17.7 Å². The minimum absolute atomic E-state index is 0.0363. The van der Waals surface area contributed by atoms with Gasteiger partial charge < -0.3 is 20.3 Å². The number of carbonyl (C=O) groups is 3. The van der Waals surface area contributed by atoms with E-state index in [1.807, 2.05) is 18.2 Å². The molecule has 1 atom stereocenters. The summed E-state index contributed by atoms with van der Waals surface area (Å²) in [6.45, 7) is 0. The second kappa shape index (κ2) is 9.26. The van der Waals surface area contributed by atoms with E-state index in [1.165, 1.54) is 24.1 Å². The van der Waals surface area contributed by atoms with Gasteiger partial charge in [0.05, 0.1) is 5.56 Å². The summed E-state index contributed by atoms with van der Waals surface area (Å²) in [5.74, 6) is -1.71. The van der Waals surface area contributed by atoms with E-state index >= 15 is 0 Å². The molecule has 0 radical (unpaired) electrons. The molecule has 32 heavy (non-hydrogen) atoms. The quantitative estimate of drug-likeness (QED) is 0.402. The van der Waals surface area contributed by atoms with Crippen LogP contribution in [0.1, 0.15) is 42.5 Å². The number of anilines is 1. The number of para-hydroxylation sites is 1. The standard InChI is InChI=1S/C25H27N3O4/c1-28(25(32)23(30)20-15-26-21-13-6-5-12-19(20)21)22(16-8-3-2-4-9-16)24(31)27-17-10-7-11-18(29)14-17/h5-7,10-16,22,26,29H,2-4,8-9H2,1H3,(H,27,31). The average molecular weight is 434 g/mol. The first kappa shape index (κ1) is 21.6. The zero-order valence-electron chi connectivity index (χ0n) is 18.0. The molecule has 2 amide bonds.